The molecule has 0 spiro atoms. The average Bonchev–Trinajstić information content (AvgIpc) is 2.37. The quantitative estimate of drug-likeness (QED) is 0.731. The molecule has 1 rings (SSSR count). The van der Waals surface area contributed by atoms with E-state index in [1.165, 1.54) is 0 Å². The van der Waals surface area contributed by atoms with E-state index in [1.807, 2.05) is 20.9 Å². The fourth-order valence-corrected chi connectivity index (χ4v) is 2.23. The first-order valence-electron chi connectivity index (χ1n) is 7.47. The number of ether oxygens (including phenoxy) is 1. The Bertz CT molecular complexity index is 368. The summed E-state index contributed by atoms with van der Waals surface area (Å²) < 4.78 is 5.75. The molecule has 114 valence electrons. The number of carbonyl (C=O) groups excluding carboxylic acids is 1. The molecule has 0 saturated carbocycles. The van der Waals surface area contributed by atoms with Gasteiger partial charge in [0, 0.05) is 38.5 Å². The van der Waals surface area contributed by atoms with Gasteiger partial charge in [0.05, 0.1) is 19.3 Å². The topological polar surface area (TPSA) is 32.8 Å². The van der Waals surface area contributed by atoms with Crippen LogP contribution < -0.4 is 0 Å². The minimum atomic E-state index is 0.0385. The molecule has 0 unspecified atom stereocenters. The molecule has 0 aliphatic carbocycles. The molecule has 0 radical (unpaired) electrons. The molecule has 1 aliphatic heterocycles. The molecule has 0 aromatic carbocycles. The van der Waals surface area contributed by atoms with Crippen LogP contribution >= 0.6 is 0 Å². The maximum absolute atomic E-state index is 11.9. The first-order valence-corrected chi connectivity index (χ1v) is 7.47. The van der Waals surface area contributed by atoms with Crippen molar-refractivity contribution >= 4 is 5.91 Å². The summed E-state index contributed by atoms with van der Waals surface area (Å²) in [5.74, 6) is 7.02. The van der Waals surface area contributed by atoms with Crippen molar-refractivity contribution in [2.24, 2.45) is 11.8 Å². The third kappa shape index (κ3) is 5.94. The minimum absolute atomic E-state index is 0.0385. The van der Waals surface area contributed by atoms with Crippen molar-refractivity contribution in [3.05, 3.63) is 0 Å². The largest absolute Gasteiger partial charge is 0.374 e. The highest BCUT2D eigenvalue weighted by atomic mass is 16.5. The molecule has 20 heavy (non-hydrogen) atoms. The lowest BCUT2D eigenvalue weighted by molar-refractivity contribution is -0.136. The third-order valence-electron chi connectivity index (χ3n) is 3.26. The third-order valence-corrected chi connectivity index (χ3v) is 3.26. The van der Waals surface area contributed by atoms with E-state index in [4.69, 9.17) is 4.74 Å². The first-order chi connectivity index (χ1) is 9.40. The first kappa shape index (κ1) is 17.0. The number of rotatable bonds is 4. The molecular formula is C16H28N2O2. The van der Waals surface area contributed by atoms with E-state index < -0.39 is 0 Å². The van der Waals surface area contributed by atoms with Gasteiger partial charge in [-0.2, -0.15) is 0 Å². The van der Waals surface area contributed by atoms with Gasteiger partial charge in [-0.3, -0.25) is 9.69 Å². The van der Waals surface area contributed by atoms with Crippen LogP contribution in [0.15, 0.2) is 0 Å². The second kappa shape index (κ2) is 8.28. The van der Waals surface area contributed by atoms with E-state index >= 15 is 0 Å². The van der Waals surface area contributed by atoms with Gasteiger partial charge < -0.3 is 9.64 Å². The van der Waals surface area contributed by atoms with Gasteiger partial charge in [0.25, 0.3) is 0 Å². The Morgan fingerprint density at radius 3 is 2.70 bits per heavy atom. The van der Waals surface area contributed by atoms with Crippen molar-refractivity contribution in [2.75, 3.05) is 39.8 Å². The average molecular weight is 280 g/mol. The van der Waals surface area contributed by atoms with Crippen LogP contribution in [-0.2, 0) is 9.53 Å². The fraction of sp³-hybridized carbons (Fsp3) is 0.812. The van der Waals surface area contributed by atoms with Gasteiger partial charge in [-0.15, -0.1) is 0 Å². The molecule has 4 heteroatoms. The molecule has 0 aromatic rings. The fourth-order valence-electron chi connectivity index (χ4n) is 2.23. The van der Waals surface area contributed by atoms with Crippen LogP contribution in [0.2, 0.25) is 0 Å². The number of nitrogens with zero attached hydrogens (tertiary/aromatic N) is 2. The molecule has 0 aromatic heterocycles. The minimum Gasteiger partial charge on any atom is -0.374 e. The number of amides is 1. The summed E-state index contributed by atoms with van der Waals surface area (Å²) in [7, 11) is 1.85. The second-order valence-electron chi connectivity index (χ2n) is 6.08. The molecule has 0 bridgehead atoms. The number of carbonyl (C=O) groups is 1. The Morgan fingerprint density at radius 1 is 1.40 bits per heavy atom. The maximum atomic E-state index is 11.9. The molecular weight excluding hydrogens is 252 g/mol. The van der Waals surface area contributed by atoms with Crippen LogP contribution in [0.5, 0.6) is 0 Å². The highest BCUT2D eigenvalue weighted by molar-refractivity contribution is 5.77. The van der Waals surface area contributed by atoms with Gasteiger partial charge in [0.1, 0.15) is 0 Å². The van der Waals surface area contributed by atoms with Crippen LogP contribution in [0.4, 0.5) is 0 Å². The highest BCUT2D eigenvalue weighted by Gasteiger charge is 2.23. The molecule has 4 nitrogen and oxygen atoms in total. The Labute approximate surface area is 123 Å². The van der Waals surface area contributed by atoms with Gasteiger partial charge in [-0.25, -0.2) is 0 Å². The Morgan fingerprint density at radius 2 is 2.10 bits per heavy atom. The standard InChI is InChI=1S/C16H28N2O2/c1-13(2)7-6-8-18-9-10-20-15(12-18)11-17(5)16(19)14(3)4/h13-15H,8-12H2,1-5H3/t15-/m1/s1. The summed E-state index contributed by atoms with van der Waals surface area (Å²) in [6.45, 7) is 12.0. The number of hydrogen-bond donors (Lipinski definition) is 0. The van der Waals surface area contributed by atoms with E-state index in [0.717, 1.165) is 26.2 Å². The lowest BCUT2D eigenvalue weighted by Crippen LogP contribution is -2.48. The summed E-state index contributed by atoms with van der Waals surface area (Å²) in [6, 6.07) is 0. The van der Waals surface area contributed by atoms with Crippen molar-refractivity contribution in [3.8, 4) is 11.8 Å². The predicted octanol–water partition coefficient (Wildman–Crippen LogP) is 1.46. The predicted molar refractivity (Wildman–Crippen MR) is 81.3 cm³/mol. The van der Waals surface area contributed by atoms with Crippen LogP contribution in [0.1, 0.15) is 27.7 Å². The van der Waals surface area contributed by atoms with Gasteiger partial charge in [0.2, 0.25) is 5.91 Å². The van der Waals surface area contributed by atoms with Crippen LogP contribution in [0.25, 0.3) is 0 Å². The monoisotopic (exact) mass is 280 g/mol. The molecule has 1 amide bonds. The molecule has 1 atom stereocenters. The molecule has 1 heterocycles. The summed E-state index contributed by atoms with van der Waals surface area (Å²) in [5, 5.41) is 0. The summed E-state index contributed by atoms with van der Waals surface area (Å²) in [5.41, 5.74) is 0. The summed E-state index contributed by atoms with van der Waals surface area (Å²) >= 11 is 0. The van der Waals surface area contributed by atoms with Crippen molar-refractivity contribution in [2.45, 2.75) is 33.8 Å². The van der Waals surface area contributed by atoms with Crippen molar-refractivity contribution in [1.82, 2.24) is 9.80 Å². The SMILES string of the molecule is CC(C)C#CCN1CCO[C@H](CN(C)C(=O)C(C)C)C1. The zero-order chi connectivity index (χ0) is 15.1. The van der Waals surface area contributed by atoms with Crippen molar-refractivity contribution < 1.29 is 9.53 Å². The number of morpholine rings is 1. The van der Waals surface area contributed by atoms with E-state index in [1.54, 1.807) is 4.90 Å². The lowest BCUT2D eigenvalue weighted by atomic mass is 10.2. The summed E-state index contributed by atoms with van der Waals surface area (Å²) in [6.07, 6.45) is 0.0947. The normalized spacial score (nSPS) is 19.9. The molecule has 1 aliphatic rings. The van der Waals surface area contributed by atoms with Gasteiger partial charge in [-0.1, -0.05) is 39.5 Å². The molecule has 0 N–H and O–H groups in total. The van der Waals surface area contributed by atoms with E-state index in [9.17, 15) is 4.79 Å². The van der Waals surface area contributed by atoms with Gasteiger partial charge >= 0.3 is 0 Å². The van der Waals surface area contributed by atoms with Crippen LogP contribution in [-0.4, -0.2) is 61.6 Å². The zero-order valence-electron chi connectivity index (χ0n) is 13.5. The smallest absolute Gasteiger partial charge is 0.224 e. The lowest BCUT2D eigenvalue weighted by Gasteiger charge is -2.34. The molecule has 1 saturated heterocycles. The number of likely N-dealkylation sites (N-methyl/N-ethyl adjacent to an activating group) is 1. The highest BCUT2D eigenvalue weighted by Crippen LogP contribution is 2.08. The van der Waals surface area contributed by atoms with Crippen molar-refractivity contribution in [1.29, 1.82) is 0 Å². The second-order valence-corrected chi connectivity index (χ2v) is 6.08. The van der Waals surface area contributed by atoms with E-state index in [-0.39, 0.29) is 17.9 Å². The zero-order valence-corrected chi connectivity index (χ0v) is 13.5. The molecule has 1 fully saturated rings. The Balaban J connectivity index is 2.41. The van der Waals surface area contributed by atoms with Gasteiger partial charge in [0.15, 0.2) is 0 Å². The van der Waals surface area contributed by atoms with E-state index in [0.29, 0.717) is 12.5 Å². The Hall–Kier alpha value is -1.05. The van der Waals surface area contributed by atoms with Crippen molar-refractivity contribution in [3.63, 3.8) is 0 Å². The maximum Gasteiger partial charge on any atom is 0.224 e. The van der Waals surface area contributed by atoms with E-state index in [2.05, 4.69) is 30.6 Å². The summed E-state index contributed by atoms with van der Waals surface area (Å²) in [4.78, 5) is 16.0. The van der Waals surface area contributed by atoms with Gasteiger partial charge in [-0.05, 0) is 0 Å². The number of hydrogen-bond acceptors (Lipinski definition) is 3. The van der Waals surface area contributed by atoms with Crippen LogP contribution in [0, 0.1) is 23.7 Å². The van der Waals surface area contributed by atoms with Crippen LogP contribution in [0.3, 0.4) is 0 Å². The Kier molecular flexibility index (Phi) is 7.04.